The van der Waals surface area contributed by atoms with E-state index in [0.29, 0.717) is 21.5 Å². The van der Waals surface area contributed by atoms with E-state index in [9.17, 15) is 9.50 Å². The molecule has 0 aromatic heterocycles. The van der Waals surface area contributed by atoms with E-state index < -0.39 is 11.9 Å². The topological polar surface area (TPSA) is 38.7 Å². The van der Waals surface area contributed by atoms with Crippen molar-refractivity contribution < 1.29 is 19.0 Å². The lowest BCUT2D eigenvalue weighted by Gasteiger charge is -2.17. The minimum atomic E-state index is -1.13. The number of aliphatic hydroxyl groups excluding tert-OH is 1. The van der Waals surface area contributed by atoms with Gasteiger partial charge < -0.3 is 14.6 Å². The van der Waals surface area contributed by atoms with Gasteiger partial charge in [0, 0.05) is 11.1 Å². The fourth-order valence-electron chi connectivity index (χ4n) is 1.96. The number of hydrogen-bond acceptors (Lipinski definition) is 3. The molecule has 3 nitrogen and oxygen atoms in total. The van der Waals surface area contributed by atoms with Gasteiger partial charge in [-0.05, 0) is 34.1 Å². The number of aliphatic hydroxyl groups is 1. The first-order valence-electron chi connectivity index (χ1n) is 5.92. The molecule has 20 heavy (non-hydrogen) atoms. The van der Waals surface area contributed by atoms with Crippen LogP contribution in [-0.4, -0.2) is 19.3 Å². The minimum absolute atomic E-state index is 0.190. The molecule has 106 valence electrons. The first kappa shape index (κ1) is 14.8. The van der Waals surface area contributed by atoms with E-state index in [1.807, 2.05) is 0 Å². The smallest absolute Gasteiger partial charge is 0.133 e. The molecule has 0 radical (unpaired) electrons. The lowest BCUT2D eigenvalue weighted by molar-refractivity contribution is 0.209. The van der Waals surface area contributed by atoms with Crippen LogP contribution in [0, 0.1) is 5.82 Å². The Morgan fingerprint density at radius 3 is 2.30 bits per heavy atom. The Morgan fingerprint density at radius 1 is 1.05 bits per heavy atom. The van der Waals surface area contributed by atoms with Gasteiger partial charge in [0.05, 0.1) is 18.7 Å². The third-order valence-corrected chi connectivity index (χ3v) is 3.62. The van der Waals surface area contributed by atoms with Gasteiger partial charge in [-0.25, -0.2) is 4.39 Å². The summed E-state index contributed by atoms with van der Waals surface area (Å²) in [5.74, 6) is 0.522. The van der Waals surface area contributed by atoms with Crippen LogP contribution >= 0.6 is 15.9 Å². The average Bonchev–Trinajstić information content (AvgIpc) is 2.46. The highest BCUT2D eigenvalue weighted by Gasteiger charge is 2.20. The SMILES string of the molecule is COc1cc(C(O)c2ccccc2F)c(OC)cc1Br. The molecule has 0 spiro atoms. The Bertz CT molecular complexity index is 616. The van der Waals surface area contributed by atoms with Crippen LogP contribution in [-0.2, 0) is 0 Å². The third kappa shape index (κ3) is 2.78. The van der Waals surface area contributed by atoms with Crippen LogP contribution in [0.1, 0.15) is 17.2 Å². The van der Waals surface area contributed by atoms with E-state index in [4.69, 9.17) is 9.47 Å². The van der Waals surface area contributed by atoms with Crippen LogP contribution in [0.25, 0.3) is 0 Å². The molecule has 0 amide bonds. The van der Waals surface area contributed by atoms with E-state index in [1.54, 1.807) is 24.3 Å². The summed E-state index contributed by atoms with van der Waals surface area (Å²) in [6.07, 6.45) is -1.13. The van der Waals surface area contributed by atoms with Crippen molar-refractivity contribution in [3.63, 3.8) is 0 Å². The Morgan fingerprint density at radius 2 is 1.70 bits per heavy atom. The van der Waals surface area contributed by atoms with Crippen LogP contribution in [0.4, 0.5) is 4.39 Å². The maximum Gasteiger partial charge on any atom is 0.133 e. The van der Waals surface area contributed by atoms with Crippen molar-refractivity contribution in [2.45, 2.75) is 6.10 Å². The van der Waals surface area contributed by atoms with Gasteiger partial charge in [-0.3, -0.25) is 0 Å². The monoisotopic (exact) mass is 340 g/mol. The van der Waals surface area contributed by atoms with E-state index in [1.165, 1.54) is 26.4 Å². The minimum Gasteiger partial charge on any atom is -0.496 e. The summed E-state index contributed by atoms with van der Waals surface area (Å²) >= 11 is 3.34. The maximum atomic E-state index is 13.8. The van der Waals surface area contributed by atoms with E-state index >= 15 is 0 Å². The molecular formula is C15H14BrFO3. The van der Waals surface area contributed by atoms with Crippen molar-refractivity contribution >= 4 is 15.9 Å². The highest BCUT2D eigenvalue weighted by Crippen LogP contribution is 2.38. The van der Waals surface area contributed by atoms with Crippen molar-refractivity contribution in [2.24, 2.45) is 0 Å². The van der Waals surface area contributed by atoms with Gasteiger partial charge in [0.2, 0.25) is 0 Å². The highest BCUT2D eigenvalue weighted by molar-refractivity contribution is 9.10. The molecule has 2 aromatic rings. The van der Waals surface area contributed by atoms with Gasteiger partial charge in [0.15, 0.2) is 0 Å². The molecule has 0 aliphatic heterocycles. The summed E-state index contributed by atoms with van der Waals surface area (Å²) < 4.78 is 24.9. The lowest BCUT2D eigenvalue weighted by atomic mass is 10.00. The van der Waals surface area contributed by atoms with E-state index in [-0.39, 0.29) is 5.56 Å². The predicted octanol–water partition coefficient (Wildman–Crippen LogP) is 3.69. The summed E-state index contributed by atoms with van der Waals surface area (Å²) in [7, 11) is 3.01. The molecular weight excluding hydrogens is 327 g/mol. The van der Waals surface area contributed by atoms with E-state index in [2.05, 4.69) is 15.9 Å². The van der Waals surface area contributed by atoms with Crippen LogP contribution in [0.3, 0.4) is 0 Å². The third-order valence-electron chi connectivity index (χ3n) is 3.00. The molecule has 2 rings (SSSR count). The van der Waals surface area contributed by atoms with Crippen LogP contribution < -0.4 is 9.47 Å². The summed E-state index contributed by atoms with van der Waals surface area (Å²) in [6.45, 7) is 0. The van der Waals surface area contributed by atoms with Gasteiger partial charge >= 0.3 is 0 Å². The molecule has 0 fully saturated rings. The molecule has 0 saturated carbocycles. The van der Waals surface area contributed by atoms with Crippen LogP contribution in [0.5, 0.6) is 11.5 Å². The molecule has 0 bridgehead atoms. The van der Waals surface area contributed by atoms with Gasteiger partial charge in [0.25, 0.3) is 0 Å². The number of ether oxygens (including phenoxy) is 2. The van der Waals surface area contributed by atoms with Gasteiger partial charge in [-0.1, -0.05) is 18.2 Å². The molecule has 0 saturated heterocycles. The fourth-order valence-corrected chi connectivity index (χ4v) is 2.45. The van der Waals surface area contributed by atoms with Crippen LogP contribution in [0.15, 0.2) is 40.9 Å². The highest BCUT2D eigenvalue weighted by atomic mass is 79.9. The number of methoxy groups -OCH3 is 2. The molecule has 2 aromatic carbocycles. The molecule has 5 heteroatoms. The molecule has 1 N–H and O–H groups in total. The zero-order valence-corrected chi connectivity index (χ0v) is 12.6. The number of hydrogen-bond donors (Lipinski definition) is 1. The Hall–Kier alpha value is -1.59. The molecule has 0 aliphatic rings. The second-order valence-electron chi connectivity index (χ2n) is 4.15. The van der Waals surface area contributed by atoms with Crippen LogP contribution in [0.2, 0.25) is 0 Å². The first-order chi connectivity index (χ1) is 9.58. The normalized spacial score (nSPS) is 12.1. The number of rotatable bonds is 4. The zero-order chi connectivity index (χ0) is 14.7. The van der Waals surface area contributed by atoms with Crippen molar-refractivity contribution in [1.82, 2.24) is 0 Å². The second-order valence-corrected chi connectivity index (χ2v) is 5.01. The van der Waals surface area contributed by atoms with Crippen molar-refractivity contribution in [3.8, 4) is 11.5 Å². The predicted molar refractivity (Wildman–Crippen MR) is 77.7 cm³/mol. The summed E-state index contributed by atoms with van der Waals surface area (Å²) in [4.78, 5) is 0. The van der Waals surface area contributed by atoms with E-state index in [0.717, 1.165) is 0 Å². The fraction of sp³-hybridized carbons (Fsp3) is 0.200. The van der Waals surface area contributed by atoms with Gasteiger partial charge in [-0.15, -0.1) is 0 Å². The average molecular weight is 341 g/mol. The first-order valence-corrected chi connectivity index (χ1v) is 6.71. The zero-order valence-electron chi connectivity index (χ0n) is 11.1. The van der Waals surface area contributed by atoms with Gasteiger partial charge in [0.1, 0.15) is 23.4 Å². The molecule has 1 atom stereocenters. The lowest BCUT2D eigenvalue weighted by Crippen LogP contribution is -2.05. The number of halogens is 2. The summed E-state index contributed by atoms with van der Waals surface area (Å²) in [5.41, 5.74) is 0.632. The molecule has 0 aliphatic carbocycles. The maximum absolute atomic E-state index is 13.8. The van der Waals surface area contributed by atoms with Crippen molar-refractivity contribution in [3.05, 3.63) is 57.8 Å². The van der Waals surface area contributed by atoms with Crippen molar-refractivity contribution in [2.75, 3.05) is 14.2 Å². The summed E-state index contributed by atoms with van der Waals surface area (Å²) in [6, 6.07) is 9.39. The Kier molecular flexibility index (Phi) is 4.62. The van der Waals surface area contributed by atoms with Crippen molar-refractivity contribution in [1.29, 1.82) is 0 Å². The Balaban J connectivity index is 2.53. The second kappa shape index (κ2) is 6.24. The van der Waals surface area contributed by atoms with Gasteiger partial charge in [-0.2, -0.15) is 0 Å². The quantitative estimate of drug-likeness (QED) is 0.922. The standard InChI is InChI=1S/C15H14BrFO3/c1-19-13-8-11(16)14(20-2)7-10(13)15(18)9-5-3-4-6-12(9)17/h3-8,15,18H,1-2H3. The molecule has 1 unspecified atom stereocenters. The Labute approximate surface area is 125 Å². The number of benzene rings is 2. The largest absolute Gasteiger partial charge is 0.496 e. The summed E-state index contributed by atoms with van der Waals surface area (Å²) in [5, 5.41) is 10.4. The molecule has 0 heterocycles.